The zero-order valence-electron chi connectivity index (χ0n) is 14.3. The van der Waals surface area contributed by atoms with E-state index < -0.39 is 18.0 Å². The van der Waals surface area contributed by atoms with Gasteiger partial charge in [-0.05, 0) is 43.2 Å². The number of carbonyl (C=O) groups excluding carboxylic acids is 2. The molecule has 2 rings (SSSR count). The first-order chi connectivity index (χ1) is 11.9. The number of amides is 1. The van der Waals surface area contributed by atoms with Gasteiger partial charge in [0.15, 0.2) is 6.10 Å². The summed E-state index contributed by atoms with van der Waals surface area (Å²) >= 11 is 6.02. The molecule has 25 heavy (non-hydrogen) atoms. The molecule has 0 heterocycles. The molecule has 0 unspecified atom stereocenters. The Labute approximate surface area is 151 Å². The van der Waals surface area contributed by atoms with Crippen molar-refractivity contribution in [2.24, 2.45) is 0 Å². The van der Waals surface area contributed by atoms with Gasteiger partial charge in [0, 0.05) is 5.02 Å². The van der Waals surface area contributed by atoms with Gasteiger partial charge in [0.05, 0.1) is 19.2 Å². The number of carbonyl (C=O) groups is 2. The lowest BCUT2D eigenvalue weighted by molar-refractivity contribution is -0.152. The second-order valence-corrected chi connectivity index (χ2v) is 6.00. The molecule has 0 aromatic heterocycles. The van der Waals surface area contributed by atoms with Crippen LogP contribution in [0.5, 0.6) is 5.75 Å². The fourth-order valence-corrected chi connectivity index (χ4v) is 2.45. The van der Waals surface area contributed by atoms with Crippen molar-refractivity contribution in [3.63, 3.8) is 0 Å². The summed E-state index contributed by atoms with van der Waals surface area (Å²) in [6.45, 7) is 3.42. The van der Waals surface area contributed by atoms with Crippen LogP contribution in [0.2, 0.25) is 5.02 Å². The third-order valence-electron chi connectivity index (χ3n) is 3.58. The molecule has 0 aliphatic rings. The van der Waals surface area contributed by atoms with Gasteiger partial charge in [-0.15, -0.1) is 0 Å². The minimum atomic E-state index is -0.944. The number of methoxy groups -OCH3 is 1. The number of anilines is 1. The lowest BCUT2D eigenvalue weighted by Gasteiger charge is -2.16. The Morgan fingerprint density at radius 1 is 1.20 bits per heavy atom. The third kappa shape index (κ3) is 5.22. The normalized spacial score (nSPS) is 11.5. The maximum atomic E-state index is 12.3. The van der Waals surface area contributed by atoms with Gasteiger partial charge < -0.3 is 14.8 Å². The lowest BCUT2D eigenvalue weighted by Crippen LogP contribution is -2.30. The molecule has 0 saturated heterocycles. The van der Waals surface area contributed by atoms with Crippen LogP contribution in [-0.2, 0) is 20.7 Å². The molecule has 0 spiro atoms. The molecule has 0 aliphatic heterocycles. The zero-order valence-corrected chi connectivity index (χ0v) is 15.1. The van der Waals surface area contributed by atoms with Gasteiger partial charge in [-0.25, -0.2) is 0 Å². The van der Waals surface area contributed by atoms with E-state index in [9.17, 15) is 9.59 Å². The van der Waals surface area contributed by atoms with Crippen LogP contribution in [0.3, 0.4) is 0 Å². The van der Waals surface area contributed by atoms with Gasteiger partial charge in [0.2, 0.25) is 0 Å². The number of rotatable bonds is 6. The quantitative estimate of drug-likeness (QED) is 0.795. The number of aryl methyl sites for hydroxylation is 1. The topological polar surface area (TPSA) is 64.6 Å². The number of esters is 1. The van der Waals surface area contributed by atoms with Gasteiger partial charge >= 0.3 is 5.97 Å². The standard InChI is InChI=1S/C19H20ClNO4/c1-12-8-9-17(24-3)16(10-12)21-19(23)13(2)25-18(22)11-14-6-4-5-7-15(14)20/h4-10,13H,11H2,1-3H3,(H,21,23)/t13-/m1/s1. The molecule has 0 radical (unpaired) electrons. The number of nitrogens with one attached hydrogen (secondary N) is 1. The van der Waals surface area contributed by atoms with E-state index in [0.29, 0.717) is 22.0 Å². The summed E-state index contributed by atoms with van der Waals surface area (Å²) in [6, 6.07) is 12.4. The van der Waals surface area contributed by atoms with E-state index in [0.717, 1.165) is 5.56 Å². The molecule has 0 fully saturated rings. The van der Waals surface area contributed by atoms with Crippen molar-refractivity contribution in [2.75, 3.05) is 12.4 Å². The van der Waals surface area contributed by atoms with Crippen molar-refractivity contribution in [2.45, 2.75) is 26.4 Å². The fraction of sp³-hybridized carbons (Fsp3) is 0.263. The molecule has 0 saturated carbocycles. The molecule has 6 heteroatoms. The van der Waals surface area contributed by atoms with Gasteiger partial charge in [0.25, 0.3) is 5.91 Å². The summed E-state index contributed by atoms with van der Waals surface area (Å²) in [4.78, 5) is 24.3. The van der Waals surface area contributed by atoms with Crippen LogP contribution in [0.1, 0.15) is 18.1 Å². The maximum absolute atomic E-state index is 12.3. The molecule has 1 atom stereocenters. The zero-order chi connectivity index (χ0) is 18.4. The highest BCUT2D eigenvalue weighted by Gasteiger charge is 2.20. The average molecular weight is 362 g/mol. The Bertz CT molecular complexity index is 776. The van der Waals surface area contributed by atoms with E-state index in [1.54, 1.807) is 36.4 Å². The van der Waals surface area contributed by atoms with Crippen molar-refractivity contribution in [3.8, 4) is 5.75 Å². The van der Waals surface area contributed by atoms with Crippen LogP contribution in [0.25, 0.3) is 0 Å². The summed E-state index contributed by atoms with van der Waals surface area (Å²) in [5.74, 6) is -0.420. The summed E-state index contributed by atoms with van der Waals surface area (Å²) in [5, 5.41) is 3.20. The summed E-state index contributed by atoms with van der Waals surface area (Å²) in [6.07, 6.45) is -0.939. The molecule has 132 valence electrons. The Balaban J connectivity index is 1.97. The predicted octanol–water partition coefficient (Wildman–Crippen LogP) is 3.77. The predicted molar refractivity (Wildman–Crippen MR) is 97.1 cm³/mol. The van der Waals surface area contributed by atoms with Crippen LogP contribution >= 0.6 is 11.6 Å². The first-order valence-corrected chi connectivity index (χ1v) is 8.17. The van der Waals surface area contributed by atoms with Crippen molar-refractivity contribution in [3.05, 3.63) is 58.6 Å². The van der Waals surface area contributed by atoms with Crippen LogP contribution in [0, 0.1) is 6.92 Å². The Kier molecular flexibility index (Phi) is 6.42. The van der Waals surface area contributed by atoms with Crippen LogP contribution in [0.4, 0.5) is 5.69 Å². The van der Waals surface area contributed by atoms with E-state index in [2.05, 4.69) is 5.32 Å². The lowest BCUT2D eigenvalue weighted by atomic mass is 10.1. The van der Waals surface area contributed by atoms with Crippen LogP contribution < -0.4 is 10.1 Å². The van der Waals surface area contributed by atoms with Crippen LogP contribution in [0.15, 0.2) is 42.5 Å². The first-order valence-electron chi connectivity index (χ1n) is 7.79. The Morgan fingerprint density at radius 2 is 1.92 bits per heavy atom. The van der Waals surface area contributed by atoms with Crippen molar-refractivity contribution in [1.29, 1.82) is 0 Å². The summed E-state index contributed by atoms with van der Waals surface area (Å²) < 4.78 is 10.4. The fourth-order valence-electron chi connectivity index (χ4n) is 2.24. The van der Waals surface area contributed by atoms with Crippen molar-refractivity contribution < 1.29 is 19.1 Å². The summed E-state index contributed by atoms with van der Waals surface area (Å²) in [5.41, 5.74) is 2.16. The van der Waals surface area contributed by atoms with E-state index >= 15 is 0 Å². The molecule has 0 aliphatic carbocycles. The molecule has 2 aromatic carbocycles. The number of halogens is 1. The smallest absolute Gasteiger partial charge is 0.311 e. The summed E-state index contributed by atoms with van der Waals surface area (Å²) in [7, 11) is 1.52. The van der Waals surface area contributed by atoms with Crippen molar-refractivity contribution in [1.82, 2.24) is 0 Å². The first kappa shape index (κ1) is 18.8. The second kappa shape index (κ2) is 8.53. The number of hydrogen-bond donors (Lipinski definition) is 1. The number of ether oxygens (including phenoxy) is 2. The highest BCUT2D eigenvalue weighted by Crippen LogP contribution is 2.25. The SMILES string of the molecule is COc1ccc(C)cc1NC(=O)[C@@H](C)OC(=O)Cc1ccccc1Cl. The van der Waals surface area contributed by atoms with Crippen molar-refractivity contribution >= 4 is 29.2 Å². The monoisotopic (exact) mass is 361 g/mol. The van der Waals surface area contributed by atoms with E-state index in [1.165, 1.54) is 14.0 Å². The van der Waals surface area contributed by atoms with E-state index in [-0.39, 0.29) is 6.42 Å². The molecule has 2 aromatic rings. The minimum absolute atomic E-state index is 0.00502. The molecule has 5 nitrogen and oxygen atoms in total. The van der Waals surface area contributed by atoms with Gasteiger partial charge in [-0.2, -0.15) is 0 Å². The largest absolute Gasteiger partial charge is 0.495 e. The van der Waals surface area contributed by atoms with E-state index in [1.807, 2.05) is 13.0 Å². The average Bonchev–Trinajstić information content (AvgIpc) is 2.57. The highest BCUT2D eigenvalue weighted by molar-refractivity contribution is 6.31. The molecular formula is C19H20ClNO4. The minimum Gasteiger partial charge on any atom is -0.495 e. The number of benzene rings is 2. The highest BCUT2D eigenvalue weighted by atomic mass is 35.5. The van der Waals surface area contributed by atoms with Gasteiger partial charge in [0.1, 0.15) is 5.75 Å². The number of hydrogen-bond acceptors (Lipinski definition) is 4. The third-order valence-corrected chi connectivity index (χ3v) is 3.95. The molecule has 1 N–H and O–H groups in total. The van der Waals surface area contributed by atoms with Gasteiger partial charge in [-0.3, -0.25) is 9.59 Å². The molecular weight excluding hydrogens is 342 g/mol. The Hall–Kier alpha value is -2.53. The van der Waals surface area contributed by atoms with E-state index in [4.69, 9.17) is 21.1 Å². The maximum Gasteiger partial charge on any atom is 0.311 e. The Morgan fingerprint density at radius 3 is 2.60 bits per heavy atom. The van der Waals surface area contributed by atoms with Crippen LogP contribution in [-0.4, -0.2) is 25.1 Å². The molecule has 1 amide bonds. The molecule has 0 bridgehead atoms. The second-order valence-electron chi connectivity index (χ2n) is 5.59. The van der Waals surface area contributed by atoms with Gasteiger partial charge in [-0.1, -0.05) is 35.9 Å².